The van der Waals surface area contributed by atoms with Crippen molar-refractivity contribution >= 4 is 6.09 Å². The minimum absolute atomic E-state index is 0.0810. The Morgan fingerprint density at radius 3 is 2.47 bits per heavy atom. The van der Waals surface area contributed by atoms with E-state index >= 15 is 0 Å². The van der Waals surface area contributed by atoms with E-state index in [1.165, 1.54) is 0 Å². The van der Waals surface area contributed by atoms with Gasteiger partial charge in [0, 0.05) is 7.11 Å². The summed E-state index contributed by atoms with van der Waals surface area (Å²) in [5.41, 5.74) is -0.435. The zero-order valence-electron chi connectivity index (χ0n) is 9.78. The van der Waals surface area contributed by atoms with Crippen LogP contribution in [0, 0.1) is 0 Å². The smallest absolute Gasteiger partial charge is 0.410 e. The first kappa shape index (κ1) is 12.3. The minimum atomic E-state index is -0.435. The van der Waals surface area contributed by atoms with Crippen LogP contribution in [0.5, 0.6) is 0 Å². The SMILES string of the molecule is COCOC1CN(C(=O)OC(C)(C)C)C1. The van der Waals surface area contributed by atoms with Crippen LogP contribution >= 0.6 is 0 Å². The van der Waals surface area contributed by atoms with E-state index in [-0.39, 0.29) is 19.0 Å². The van der Waals surface area contributed by atoms with Gasteiger partial charge >= 0.3 is 6.09 Å². The average Bonchev–Trinajstić information content (AvgIpc) is 1.98. The first-order valence-corrected chi connectivity index (χ1v) is 5.01. The van der Waals surface area contributed by atoms with Crippen LogP contribution in [-0.4, -0.2) is 49.7 Å². The molecule has 0 aromatic rings. The fraction of sp³-hybridized carbons (Fsp3) is 0.900. The molecule has 15 heavy (non-hydrogen) atoms. The van der Waals surface area contributed by atoms with Crippen molar-refractivity contribution in [1.82, 2.24) is 4.90 Å². The normalized spacial score (nSPS) is 17.5. The van der Waals surface area contributed by atoms with Gasteiger partial charge in [-0.2, -0.15) is 0 Å². The van der Waals surface area contributed by atoms with E-state index in [0.29, 0.717) is 13.1 Å². The highest BCUT2D eigenvalue weighted by atomic mass is 16.7. The van der Waals surface area contributed by atoms with E-state index in [1.54, 1.807) is 12.0 Å². The number of hydrogen-bond acceptors (Lipinski definition) is 4. The third-order valence-electron chi connectivity index (χ3n) is 1.92. The number of methoxy groups -OCH3 is 1. The second-order valence-corrected chi connectivity index (χ2v) is 4.58. The second kappa shape index (κ2) is 4.81. The summed E-state index contributed by atoms with van der Waals surface area (Å²) in [7, 11) is 1.57. The molecule has 0 bridgehead atoms. The fourth-order valence-corrected chi connectivity index (χ4v) is 1.18. The summed E-state index contributed by atoms with van der Waals surface area (Å²) in [5.74, 6) is 0. The van der Waals surface area contributed by atoms with E-state index in [9.17, 15) is 4.79 Å². The summed E-state index contributed by atoms with van der Waals surface area (Å²) < 4.78 is 15.2. The van der Waals surface area contributed by atoms with Crippen molar-refractivity contribution in [2.45, 2.75) is 32.5 Å². The molecule has 1 amide bonds. The molecule has 1 aliphatic rings. The van der Waals surface area contributed by atoms with E-state index in [1.807, 2.05) is 20.8 Å². The van der Waals surface area contributed by atoms with Gasteiger partial charge in [-0.25, -0.2) is 4.79 Å². The largest absolute Gasteiger partial charge is 0.444 e. The van der Waals surface area contributed by atoms with Gasteiger partial charge in [0.25, 0.3) is 0 Å². The summed E-state index contributed by atoms with van der Waals surface area (Å²) in [6.07, 6.45) is -0.197. The van der Waals surface area contributed by atoms with Crippen LogP contribution < -0.4 is 0 Å². The highest BCUT2D eigenvalue weighted by Gasteiger charge is 2.34. The fourth-order valence-electron chi connectivity index (χ4n) is 1.18. The van der Waals surface area contributed by atoms with Crippen molar-refractivity contribution < 1.29 is 19.0 Å². The predicted octanol–water partition coefficient (Wildman–Crippen LogP) is 1.23. The van der Waals surface area contributed by atoms with E-state index in [4.69, 9.17) is 14.2 Å². The Labute approximate surface area is 90.3 Å². The molecule has 1 aliphatic heterocycles. The van der Waals surface area contributed by atoms with Crippen molar-refractivity contribution in [3.05, 3.63) is 0 Å². The summed E-state index contributed by atoms with van der Waals surface area (Å²) in [4.78, 5) is 13.1. The van der Waals surface area contributed by atoms with Crippen LogP contribution in [0.15, 0.2) is 0 Å². The zero-order chi connectivity index (χ0) is 11.5. The molecule has 1 rings (SSSR count). The molecular weight excluding hydrogens is 198 g/mol. The molecule has 1 saturated heterocycles. The van der Waals surface area contributed by atoms with Crippen LogP contribution in [0.2, 0.25) is 0 Å². The highest BCUT2D eigenvalue weighted by Crippen LogP contribution is 2.16. The van der Waals surface area contributed by atoms with Crippen LogP contribution in [0.25, 0.3) is 0 Å². The maximum absolute atomic E-state index is 11.5. The molecule has 0 unspecified atom stereocenters. The average molecular weight is 217 g/mol. The number of likely N-dealkylation sites (tertiary alicyclic amines) is 1. The van der Waals surface area contributed by atoms with Gasteiger partial charge in [0.05, 0.1) is 19.2 Å². The maximum atomic E-state index is 11.5. The third-order valence-corrected chi connectivity index (χ3v) is 1.92. The molecule has 0 radical (unpaired) electrons. The molecule has 0 spiro atoms. The molecule has 0 N–H and O–H groups in total. The summed E-state index contributed by atoms with van der Waals surface area (Å²) in [6, 6.07) is 0. The number of nitrogens with zero attached hydrogens (tertiary/aromatic N) is 1. The van der Waals surface area contributed by atoms with Gasteiger partial charge in [-0.1, -0.05) is 0 Å². The molecule has 88 valence electrons. The van der Waals surface area contributed by atoms with Gasteiger partial charge in [0.15, 0.2) is 0 Å². The Morgan fingerprint density at radius 1 is 1.40 bits per heavy atom. The number of carbonyl (C=O) groups excluding carboxylic acids is 1. The Bertz CT molecular complexity index is 218. The highest BCUT2D eigenvalue weighted by molar-refractivity contribution is 5.69. The first-order valence-electron chi connectivity index (χ1n) is 5.01. The molecular formula is C10H19NO4. The lowest BCUT2D eigenvalue weighted by Gasteiger charge is -2.39. The van der Waals surface area contributed by atoms with Crippen molar-refractivity contribution in [2.24, 2.45) is 0 Å². The van der Waals surface area contributed by atoms with Gasteiger partial charge in [-0.05, 0) is 20.8 Å². The van der Waals surface area contributed by atoms with Gasteiger partial charge in [-0.15, -0.1) is 0 Å². The quantitative estimate of drug-likeness (QED) is 0.667. The summed E-state index contributed by atoms with van der Waals surface area (Å²) in [5, 5.41) is 0. The molecule has 5 nitrogen and oxygen atoms in total. The molecule has 0 atom stereocenters. The Balaban J connectivity index is 2.18. The number of carbonyl (C=O) groups is 1. The number of amides is 1. The number of rotatable bonds is 3. The van der Waals surface area contributed by atoms with Crippen molar-refractivity contribution in [2.75, 3.05) is 27.0 Å². The van der Waals surface area contributed by atoms with Gasteiger partial charge in [-0.3, -0.25) is 0 Å². The molecule has 1 heterocycles. The second-order valence-electron chi connectivity index (χ2n) is 4.58. The van der Waals surface area contributed by atoms with Crippen molar-refractivity contribution in [1.29, 1.82) is 0 Å². The maximum Gasteiger partial charge on any atom is 0.410 e. The monoisotopic (exact) mass is 217 g/mol. The summed E-state index contributed by atoms with van der Waals surface area (Å²) >= 11 is 0. The van der Waals surface area contributed by atoms with Crippen LogP contribution in [-0.2, 0) is 14.2 Å². The predicted molar refractivity (Wildman–Crippen MR) is 54.6 cm³/mol. The van der Waals surface area contributed by atoms with Crippen molar-refractivity contribution in [3.63, 3.8) is 0 Å². The third kappa shape index (κ3) is 4.05. The lowest BCUT2D eigenvalue weighted by atomic mass is 10.2. The van der Waals surface area contributed by atoms with Gasteiger partial charge in [0.2, 0.25) is 0 Å². The van der Waals surface area contributed by atoms with Crippen LogP contribution in [0.4, 0.5) is 4.79 Å². The Kier molecular flexibility index (Phi) is 3.93. The van der Waals surface area contributed by atoms with E-state index in [2.05, 4.69) is 0 Å². The standard InChI is InChI=1S/C10H19NO4/c1-10(2,3)15-9(12)11-5-8(6-11)14-7-13-4/h8H,5-7H2,1-4H3. The molecule has 0 saturated carbocycles. The Morgan fingerprint density at radius 2 is 2.00 bits per heavy atom. The zero-order valence-corrected chi connectivity index (χ0v) is 9.78. The molecule has 1 fully saturated rings. The minimum Gasteiger partial charge on any atom is -0.444 e. The molecule has 0 aromatic carbocycles. The molecule has 0 aliphatic carbocycles. The van der Waals surface area contributed by atoms with Gasteiger partial charge < -0.3 is 19.1 Å². The summed E-state index contributed by atoms with van der Waals surface area (Å²) in [6.45, 7) is 6.99. The Hall–Kier alpha value is -0.810. The van der Waals surface area contributed by atoms with Gasteiger partial charge in [0.1, 0.15) is 12.4 Å². The van der Waals surface area contributed by atoms with E-state index < -0.39 is 5.60 Å². The lowest BCUT2D eigenvalue weighted by molar-refractivity contribution is -0.122. The van der Waals surface area contributed by atoms with Crippen molar-refractivity contribution in [3.8, 4) is 0 Å². The van der Waals surface area contributed by atoms with Crippen LogP contribution in [0.3, 0.4) is 0 Å². The molecule has 0 aromatic heterocycles. The number of ether oxygens (including phenoxy) is 3. The van der Waals surface area contributed by atoms with E-state index in [0.717, 1.165) is 0 Å². The topological polar surface area (TPSA) is 48.0 Å². The first-order chi connectivity index (χ1) is 6.92. The van der Waals surface area contributed by atoms with Crippen LogP contribution in [0.1, 0.15) is 20.8 Å². The molecule has 5 heteroatoms. The number of hydrogen-bond donors (Lipinski definition) is 0. The lowest BCUT2D eigenvalue weighted by Crippen LogP contribution is -2.56.